The molecule has 1 aliphatic heterocycles. The van der Waals surface area contributed by atoms with Crippen molar-refractivity contribution in [3.8, 4) is 0 Å². The van der Waals surface area contributed by atoms with Gasteiger partial charge in [0.2, 0.25) is 0 Å². The molecule has 0 aliphatic carbocycles. The van der Waals surface area contributed by atoms with E-state index in [1.54, 1.807) is 14.2 Å². The molecule has 0 bridgehead atoms. The van der Waals surface area contributed by atoms with Gasteiger partial charge in [0.25, 0.3) is 0 Å². The van der Waals surface area contributed by atoms with E-state index in [-0.39, 0.29) is 5.04 Å². The average Bonchev–Trinajstić information content (AvgIpc) is 1.88. The van der Waals surface area contributed by atoms with Crippen molar-refractivity contribution in [2.24, 2.45) is 0 Å². The maximum absolute atomic E-state index is 5.49. The fraction of sp³-hybridized carbons (Fsp3) is 1.00. The van der Waals surface area contributed by atoms with Crippen LogP contribution in [0, 0.1) is 0 Å². The maximum atomic E-state index is 5.49. The standard InChI is InChI=1S/C7H17NO2Si/c1-7(2)6-8(3)11(7,9-4)10-5/h6H2,1-5H3. The Morgan fingerprint density at radius 3 is 1.82 bits per heavy atom. The van der Waals surface area contributed by atoms with Gasteiger partial charge in [-0.25, -0.2) is 0 Å². The molecular weight excluding hydrogens is 158 g/mol. The van der Waals surface area contributed by atoms with Crippen LogP contribution < -0.4 is 0 Å². The Morgan fingerprint density at radius 1 is 1.27 bits per heavy atom. The highest BCUT2D eigenvalue weighted by atomic mass is 28.4. The van der Waals surface area contributed by atoms with E-state index in [9.17, 15) is 0 Å². The predicted octanol–water partition coefficient (Wildman–Crippen LogP) is 0.944. The molecule has 0 atom stereocenters. The normalized spacial score (nSPS) is 28.1. The van der Waals surface area contributed by atoms with Crippen LogP contribution >= 0.6 is 0 Å². The number of hydrogen-bond donors (Lipinski definition) is 0. The van der Waals surface area contributed by atoms with Gasteiger partial charge in [-0.2, -0.15) is 0 Å². The van der Waals surface area contributed by atoms with E-state index < -0.39 is 8.72 Å². The van der Waals surface area contributed by atoms with Crippen molar-refractivity contribution in [3.05, 3.63) is 0 Å². The molecule has 0 amide bonds. The molecular formula is C7H17NO2Si. The van der Waals surface area contributed by atoms with Gasteiger partial charge in [0.1, 0.15) is 0 Å². The highest BCUT2D eigenvalue weighted by Gasteiger charge is 2.64. The van der Waals surface area contributed by atoms with Crippen LogP contribution in [0.5, 0.6) is 0 Å². The highest BCUT2D eigenvalue weighted by molar-refractivity contribution is 6.70. The first-order valence-electron chi connectivity index (χ1n) is 3.82. The quantitative estimate of drug-likeness (QED) is 0.583. The monoisotopic (exact) mass is 175 g/mol. The minimum Gasteiger partial charge on any atom is -0.386 e. The Labute approximate surface area is 69.6 Å². The van der Waals surface area contributed by atoms with Crippen LogP contribution in [0.4, 0.5) is 0 Å². The van der Waals surface area contributed by atoms with E-state index in [1.807, 2.05) is 0 Å². The van der Waals surface area contributed by atoms with Crippen molar-refractivity contribution in [2.75, 3.05) is 27.8 Å². The van der Waals surface area contributed by atoms with Crippen LogP contribution in [0.15, 0.2) is 0 Å². The van der Waals surface area contributed by atoms with Gasteiger partial charge in [0, 0.05) is 25.8 Å². The molecule has 0 spiro atoms. The lowest BCUT2D eigenvalue weighted by Crippen LogP contribution is -2.74. The zero-order chi connectivity index (χ0) is 8.70. The first kappa shape index (κ1) is 9.19. The first-order valence-corrected chi connectivity index (χ1v) is 5.58. The fourth-order valence-electron chi connectivity index (χ4n) is 2.17. The second-order valence-corrected chi connectivity index (χ2v) is 7.83. The Bertz CT molecular complexity index is 157. The Balaban J connectivity index is 2.79. The third kappa shape index (κ3) is 0.972. The number of nitrogens with zero attached hydrogens (tertiary/aromatic N) is 1. The summed E-state index contributed by atoms with van der Waals surface area (Å²) in [5.41, 5.74) is 0. The second-order valence-electron chi connectivity index (χ2n) is 3.73. The van der Waals surface area contributed by atoms with Gasteiger partial charge < -0.3 is 8.85 Å². The van der Waals surface area contributed by atoms with Crippen molar-refractivity contribution in [1.82, 2.24) is 4.57 Å². The molecule has 1 aliphatic rings. The van der Waals surface area contributed by atoms with Crippen molar-refractivity contribution in [3.63, 3.8) is 0 Å². The van der Waals surface area contributed by atoms with Gasteiger partial charge in [0.05, 0.1) is 0 Å². The van der Waals surface area contributed by atoms with Crippen molar-refractivity contribution in [2.45, 2.75) is 18.9 Å². The van der Waals surface area contributed by atoms with E-state index in [1.165, 1.54) is 0 Å². The Hall–Kier alpha value is 0.0969. The molecule has 0 radical (unpaired) electrons. The van der Waals surface area contributed by atoms with E-state index in [4.69, 9.17) is 8.85 Å². The average molecular weight is 175 g/mol. The Kier molecular flexibility index (Phi) is 2.13. The Morgan fingerprint density at radius 2 is 1.73 bits per heavy atom. The summed E-state index contributed by atoms with van der Waals surface area (Å²) < 4.78 is 13.2. The molecule has 0 aromatic rings. The zero-order valence-corrected chi connectivity index (χ0v) is 8.97. The number of rotatable bonds is 2. The summed E-state index contributed by atoms with van der Waals surface area (Å²) in [6, 6.07) is 0. The summed E-state index contributed by atoms with van der Waals surface area (Å²) in [7, 11) is 3.56. The smallest absolute Gasteiger partial charge is 0.386 e. The summed E-state index contributed by atoms with van der Waals surface area (Å²) in [6.07, 6.45) is 0. The molecule has 0 unspecified atom stereocenters. The van der Waals surface area contributed by atoms with Crippen LogP contribution in [0.3, 0.4) is 0 Å². The zero-order valence-electron chi connectivity index (χ0n) is 7.97. The maximum Gasteiger partial charge on any atom is 0.434 e. The van der Waals surface area contributed by atoms with Crippen molar-refractivity contribution < 1.29 is 8.85 Å². The van der Waals surface area contributed by atoms with Gasteiger partial charge in [0.15, 0.2) is 0 Å². The van der Waals surface area contributed by atoms with E-state index >= 15 is 0 Å². The van der Waals surface area contributed by atoms with Gasteiger partial charge in [-0.05, 0) is 7.05 Å². The lowest BCUT2D eigenvalue weighted by molar-refractivity contribution is 0.0848. The first-order chi connectivity index (χ1) is 5.00. The van der Waals surface area contributed by atoms with Gasteiger partial charge in [-0.15, -0.1) is 0 Å². The predicted molar refractivity (Wildman–Crippen MR) is 46.4 cm³/mol. The summed E-state index contributed by atoms with van der Waals surface area (Å²) in [4.78, 5) is 0. The van der Waals surface area contributed by atoms with Gasteiger partial charge in [-0.1, -0.05) is 13.8 Å². The lowest BCUT2D eigenvalue weighted by atomic mass is 10.2. The third-order valence-electron chi connectivity index (χ3n) is 2.54. The molecule has 3 nitrogen and oxygen atoms in total. The molecule has 0 saturated carbocycles. The topological polar surface area (TPSA) is 21.7 Å². The summed E-state index contributed by atoms with van der Waals surface area (Å²) >= 11 is 0. The fourth-order valence-corrected chi connectivity index (χ4v) is 5.88. The minimum atomic E-state index is -1.99. The molecule has 1 fully saturated rings. The van der Waals surface area contributed by atoms with Crippen LogP contribution in [0.1, 0.15) is 13.8 Å². The van der Waals surface area contributed by atoms with Crippen LogP contribution in [-0.2, 0) is 8.85 Å². The second kappa shape index (κ2) is 2.55. The lowest BCUT2D eigenvalue weighted by Gasteiger charge is -2.56. The highest BCUT2D eigenvalue weighted by Crippen LogP contribution is 2.48. The molecule has 0 aromatic heterocycles. The van der Waals surface area contributed by atoms with E-state index in [0.29, 0.717) is 0 Å². The summed E-state index contributed by atoms with van der Waals surface area (Å²) in [6.45, 7) is 5.47. The molecule has 1 rings (SSSR count). The minimum absolute atomic E-state index is 0.227. The molecule has 11 heavy (non-hydrogen) atoms. The largest absolute Gasteiger partial charge is 0.434 e. The summed E-state index contributed by atoms with van der Waals surface area (Å²) in [5, 5.41) is 0.227. The van der Waals surface area contributed by atoms with Crippen LogP contribution in [0.25, 0.3) is 0 Å². The van der Waals surface area contributed by atoms with Gasteiger partial charge in [-0.3, -0.25) is 4.57 Å². The van der Waals surface area contributed by atoms with E-state index in [2.05, 4.69) is 25.5 Å². The summed E-state index contributed by atoms with van der Waals surface area (Å²) in [5.74, 6) is 0. The van der Waals surface area contributed by atoms with E-state index in [0.717, 1.165) is 6.54 Å². The third-order valence-corrected chi connectivity index (χ3v) is 6.68. The molecule has 1 heterocycles. The van der Waals surface area contributed by atoms with Crippen LogP contribution in [-0.4, -0.2) is 41.1 Å². The van der Waals surface area contributed by atoms with Crippen molar-refractivity contribution >= 4 is 8.72 Å². The SMILES string of the molecule is CO[Si]1(OC)N(C)CC1(C)C. The molecule has 1 saturated heterocycles. The molecule has 4 heteroatoms. The number of hydrogen-bond acceptors (Lipinski definition) is 3. The van der Waals surface area contributed by atoms with Crippen molar-refractivity contribution in [1.29, 1.82) is 0 Å². The molecule has 0 N–H and O–H groups in total. The molecule has 0 aromatic carbocycles. The molecule has 66 valence electrons. The van der Waals surface area contributed by atoms with Gasteiger partial charge >= 0.3 is 8.72 Å². The van der Waals surface area contributed by atoms with Crippen LogP contribution in [0.2, 0.25) is 5.04 Å².